The van der Waals surface area contributed by atoms with Crippen LogP contribution in [0.25, 0.3) is 0 Å². The Labute approximate surface area is 474 Å². The van der Waals surface area contributed by atoms with Crippen LogP contribution in [0.1, 0.15) is 110 Å². The van der Waals surface area contributed by atoms with Crippen molar-refractivity contribution in [1.29, 1.82) is 5.26 Å². The van der Waals surface area contributed by atoms with Crippen LogP contribution in [0.2, 0.25) is 19.6 Å². The number of aliphatic hydroxyl groups excluding tert-OH is 1. The summed E-state index contributed by atoms with van der Waals surface area (Å²) in [4.78, 5) is 40.9. The van der Waals surface area contributed by atoms with Crippen LogP contribution >= 0.6 is 0 Å². The minimum absolute atomic E-state index is 0. The Morgan fingerprint density at radius 1 is 0.638 bits per heavy atom. The molecule has 0 rings (SSSR count). The number of rotatable bonds is 21. The summed E-state index contributed by atoms with van der Waals surface area (Å²) < 4.78 is 13.7. The normalized spacial score (nSPS) is 11.0. The van der Waals surface area contributed by atoms with Gasteiger partial charge in [0.25, 0.3) is 5.09 Å². The van der Waals surface area contributed by atoms with E-state index >= 15 is 0 Å². The predicted octanol–water partition coefficient (Wildman–Crippen LogP) is 7.21. The Bertz CT molecular complexity index is 1820. The zero-order valence-corrected chi connectivity index (χ0v) is 47.9. The largest absolute Gasteiger partial charge is 1.00 e. The van der Waals surface area contributed by atoms with Crippen LogP contribution < -0.4 is 51.4 Å². The van der Waals surface area contributed by atoms with E-state index < -0.39 is 19.3 Å². The van der Waals surface area contributed by atoms with Crippen LogP contribution in [0.3, 0.4) is 0 Å². The van der Waals surface area contributed by atoms with Crippen molar-refractivity contribution in [3.05, 3.63) is 89.6 Å². The minimum atomic E-state index is -1.50. The molecule has 0 aliphatic heterocycles. The first-order valence-corrected chi connectivity index (χ1v) is 25.3. The zero-order chi connectivity index (χ0) is 51.8. The number of esters is 3. The Balaban J connectivity index is -0.000000156. The van der Waals surface area contributed by atoms with Gasteiger partial charge in [0, 0.05) is 80.2 Å². The molecule has 0 aliphatic carbocycles. The first-order chi connectivity index (χ1) is 32.0. The first kappa shape index (κ1) is 78.6. The Hall–Kier alpha value is -4.55. The van der Waals surface area contributed by atoms with Crippen molar-refractivity contribution in [3.63, 3.8) is 0 Å². The van der Waals surface area contributed by atoms with Crippen LogP contribution in [0.15, 0.2) is 72.9 Å². The van der Waals surface area contributed by atoms with E-state index in [1.54, 1.807) is 24.3 Å². The maximum absolute atomic E-state index is 10.9. The third-order valence-electron chi connectivity index (χ3n) is 7.53. The third-order valence-corrected chi connectivity index (χ3v) is 8.45. The van der Waals surface area contributed by atoms with Gasteiger partial charge in [-0.3, -0.25) is 14.4 Å². The van der Waals surface area contributed by atoms with Crippen molar-refractivity contribution >= 4 is 26.0 Å². The van der Waals surface area contributed by atoms with E-state index in [0.717, 1.165) is 70.6 Å². The number of terminal acetylenes is 2. The molecule has 69 heavy (non-hydrogen) atoms. The van der Waals surface area contributed by atoms with E-state index in [4.69, 9.17) is 40.0 Å². The molecule has 0 aliphatic rings. The molecular formula is C54H73AgKN2O10Si. The van der Waals surface area contributed by atoms with E-state index in [2.05, 4.69) is 119 Å². The van der Waals surface area contributed by atoms with Crippen molar-refractivity contribution < 1.29 is 118 Å². The minimum Gasteiger partial charge on any atom is -0.512 e. The molecule has 0 bridgehead atoms. The molecule has 0 fully saturated rings. The van der Waals surface area contributed by atoms with Crippen molar-refractivity contribution in [2.24, 2.45) is 11.8 Å². The van der Waals surface area contributed by atoms with Gasteiger partial charge in [0.15, 0.2) is 0 Å². The molecule has 0 amide bonds. The maximum atomic E-state index is 10.9. The SMILES string of the molecule is C#CC[C@@H](C)/C=C/C=C/C#CCCCCC(=O)OC.C#CC[C@@H](O)/C=C/C=C/C#CCCCCC(=O)OC.COC(=O)CCCCC#C/C=C/C=C/[C@H](C)CC#C[Si](C)(C)C.O=[N+]([O-])O.[Ag].[C-]#N.[K+]. The topological polar surface area (TPSA) is 186 Å². The summed E-state index contributed by atoms with van der Waals surface area (Å²) in [7, 11) is 2.98. The Morgan fingerprint density at radius 2 is 0.957 bits per heavy atom. The average Bonchev–Trinajstić information content (AvgIpc) is 3.28. The standard InChI is InChI=1S/C20H30O2Si.C17H22O2.C16H20O3.CN.Ag.K.HNO3/c1-19(16-14-18-23(3,4)5)15-12-10-8-6-7-9-11-13-17-20(21)22-2;1-4-13-16(2)14-11-9-7-5-6-8-10-12-15-17(18)19-3;1-3-12-15(17)13-10-8-6-4-5-7-9-11-14-16(18)19-2;1-2;;;2-1(3)4/h8,10,12,15,19H,9,11,13,16-17H2,1-5H3;1,7,9,11,14,16H,8,10,12-13,15H2,2-3H3;1,6,8,10,13,15,17H,7,9,11-12,14H2,2H3;;;;(H,2,3,4)/q;;;-1;;+1;/b10-8+,15-12+;9-7+,14-11+;8-6+,13-10+;;;;/t19-;16-;15-;;;;/m011..../s1. The molecule has 0 aromatic carbocycles. The number of unbranched alkanes of at least 4 members (excludes halogenated alkanes) is 6. The maximum Gasteiger partial charge on any atom is 1.00 e. The van der Waals surface area contributed by atoms with Gasteiger partial charge in [0.1, 0.15) is 8.07 Å². The smallest absolute Gasteiger partial charge is 0.512 e. The number of hydrogen-bond donors (Lipinski definition) is 2. The van der Waals surface area contributed by atoms with Crippen molar-refractivity contribution in [3.8, 4) is 71.7 Å². The van der Waals surface area contributed by atoms with Crippen LogP contribution in [0, 0.1) is 105 Å². The molecule has 2 N–H and O–H groups in total. The van der Waals surface area contributed by atoms with Crippen LogP contribution in [0.4, 0.5) is 0 Å². The number of methoxy groups -OCH3 is 3. The summed E-state index contributed by atoms with van der Waals surface area (Å²) in [6.45, 7) is 15.8. The number of nitrogens with zero attached hydrogens (tertiary/aromatic N) is 2. The van der Waals surface area contributed by atoms with E-state index in [9.17, 15) is 19.5 Å². The molecule has 0 saturated heterocycles. The van der Waals surface area contributed by atoms with Gasteiger partial charge < -0.3 is 36.4 Å². The molecular weight excluding hydrogens is 1010 g/mol. The van der Waals surface area contributed by atoms with E-state index in [1.165, 1.54) is 21.3 Å². The second kappa shape index (κ2) is 63.5. The van der Waals surface area contributed by atoms with Gasteiger partial charge >= 0.3 is 69.3 Å². The number of allylic oxidation sites excluding steroid dienone is 11. The molecule has 0 unspecified atom stereocenters. The van der Waals surface area contributed by atoms with Crippen LogP contribution in [0.5, 0.6) is 0 Å². The summed E-state index contributed by atoms with van der Waals surface area (Å²) in [6.07, 6.45) is 43.2. The summed E-state index contributed by atoms with van der Waals surface area (Å²) in [5.41, 5.74) is 3.38. The summed E-state index contributed by atoms with van der Waals surface area (Å²) in [5, 5.41) is 29.2. The van der Waals surface area contributed by atoms with Gasteiger partial charge in [0.05, 0.1) is 27.4 Å². The van der Waals surface area contributed by atoms with E-state index in [1.807, 2.05) is 36.5 Å². The Morgan fingerprint density at radius 3 is 1.26 bits per heavy atom. The quantitative estimate of drug-likeness (QED) is 0.0136. The van der Waals surface area contributed by atoms with Gasteiger partial charge in [-0.2, -0.15) is 0 Å². The summed E-state index contributed by atoms with van der Waals surface area (Å²) in [5.74, 6) is 26.6. The number of ether oxygens (including phenoxy) is 3. The van der Waals surface area contributed by atoms with Gasteiger partial charge in [0.2, 0.25) is 0 Å². The molecule has 0 aromatic heterocycles. The van der Waals surface area contributed by atoms with Crippen LogP contribution in [-0.4, -0.2) is 68.8 Å². The van der Waals surface area contributed by atoms with Gasteiger partial charge in [-0.25, -0.2) is 0 Å². The molecule has 15 heteroatoms. The molecule has 12 nitrogen and oxygen atoms in total. The second-order valence-corrected chi connectivity index (χ2v) is 19.6. The average molecular weight is 1090 g/mol. The Kier molecular flexibility index (Phi) is 72.3. The number of carbonyl (C=O) groups is 3. The molecule has 3 atom stereocenters. The van der Waals surface area contributed by atoms with Crippen LogP contribution in [-0.2, 0) is 51.0 Å². The van der Waals surface area contributed by atoms with Gasteiger partial charge in [-0.15, -0.1) is 46.3 Å². The molecule has 0 spiro atoms. The van der Waals surface area contributed by atoms with E-state index in [0.29, 0.717) is 37.5 Å². The second-order valence-electron chi connectivity index (χ2n) is 14.9. The summed E-state index contributed by atoms with van der Waals surface area (Å²) >= 11 is 0. The fourth-order valence-electron chi connectivity index (χ4n) is 4.15. The molecule has 0 aromatic rings. The molecule has 375 valence electrons. The van der Waals surface area contributed by atoms with Gasteiger partial charge in [-0.1, -0.05) is 124 Å². The van der Waals surface area contributed by atoms with Crippen molar-refractivity contribution in [1.82, 2.24) is 0 Å². The predicted molar refractivity (Wildman–Crippen MR) is 270 cm³/mol. The van der Waals surface area contributed by atoms with Crippen molar-refractivity contribution in [2.45, 2.75) is 136 Å². The monoisotopic (exact) mass is 1080 g/mol. The van der Waals surface area contributed by atoms with E-state index in [-0.39, 0.29) is 91.7 Å². The molecule has 1 radical (unpaired) electrons. The number of hydrogen-bond acceptors (Lipinski definition) is 10. The third kappa shape index (κ3) is 83.9. The van der Waals surface area contributed by atoms with Gasteiger partial charge in [-0.05, 0) is 68.6 Å². The fourth-order valence-corrected chi connectivity index (χ4v) is 4.78. The first-order valence-electron chi connectivity index (χ1n) is 21.8. The molecule has 0 heterocycles. The zero-order valence-electron chi connectivity index (χ0n) is 42.3. The number of aliphatic hydroxyl groups is 1. The summed E-state index contributed by atoms with van der Waals surface area (Å²) in [6, 6.07) is 0. The number of carbonyl (C=O) groups excluding carboxylic acids is 3. The van der Waals surface area contributed by atoms with Crippen molar-refractivity contribution in [2.75, 3.05) is 21.3 Å². The molecule has 0 saturated carbocycles. The fraction of sp³-hybridized carbons (Fsp3) is 0.481.